The minimum absolute atomic E-state index is 0.772. The number of thioether (sulfide) groups is 2. The van der Waals surface area contributed by atoms with Crippen molar-refractivity contribution in [3.63, 3.8) is 0 Å². The first-order valence-electron chi connectivity index (χ1n) is 8.36. The van der Waals surface area contributed by atoms with Crippen molar-refractivity contribution in [3.05, 3.63) is 59.3 Å². The average molecular weight is 477 g/mol. The third-order valence-electron chi connectivity index (χ3n) is 3.71. The molecule has 0 aliphatic heterocycles. The van der Waals surface area contributed by atoms with E-state index in [1.54, 1.807) is 82.6 Å². The summed E-state index contributed by atoms with van der Waals surface area (Å²) < 4.78 is 12.1. The average Bonchev–Trinajstić information content (AvgIpc) is 3.55. The smallest absolute Gasteiger partial charge is 0.175 e. The zero-order valence-corrected chi connectivity index (χ0v) is 18.8. The van der Waals surface area contributed by atoms with Gasteiger partial charge in [0.2, 0.25) is 0 Å². The van der Waals surface area contributed by atoms with E-state index in [0.717, 1.165) is 52.7 Å². The van der Waals surface area contributed by atoms with Crippen molar-refractivity contribution in [2.45, 2.75) is 20.2 Å². The van der Waals surface area contributed by atoms with Gasteiger partial charge in [0.1, 0.15) is 22.5 Å². The van der Waals surface area contributed by atoms with Crippen LogP contribution >= 0.6 is 57.5 Å². The van der Waals surface area contributed by atoms with Gasteiger partial charge in [0, 0.05) is 33.4 Å². The van der Waals surface area contributed by atoms with Crippen molar-refractivity contribution in [2.75, 3.05) is 0 Å². The van der Waals surface area contributed by atoms with Crippen LogP contribution in [0, 0.1) is 0 Å². The first-order chi connectivity index (χ1) is 14.3. The van der Waals surface area contributed by atoms with Crippen LogP contribution in [-0.2, 0) is 11.5 Å². The Morgan fingerprint density at radius 1 is 0.759 bits per heavy atom. The molecule has 5 rings (SSSR count). The first kappa shape index (κ1) is 19.1. The molecule has 0 aromatic carbocycles. The molecule has 29 heavy (non-hydrogen) atoms. The Hall–Kier alpha value is -1.92. The number of aromatic nitrogens is 4. The van der Waals surface area contributed by atoms with Gasteiger partial charge in [0.25, 0.3) is 0 Å². The molecule has 0 atom stereocenters. The van der Waals surface area contributed by atoms with E-state index in [4.69, 9.17) is 8.83 Å². The van der Waals surface area contributed by atoms with Gasteiger partial charge in [-0.15, -0.1) is 32.9 Å². The molecule has 0 radical (unpaired) electrons. The summed E-state index contributed by atoms with van der Waals surface area (Å²) in [4.78, 5) is 9.30. The van der Waals surface area contributed by atoms with Gasteiger partial charge in [-0.3, -0.25) is 0 Å². The Kier molecular flexibility index (Phi) is 5.81. The van der Waals surface area contributed by atoms with Gasteiger partial charge >= 0.3 is 0 Å². The highest BCUT2D eigenvalue weighted by Crippen LogP contribution is 2.34. The van der Waals surface area contributed by atoms with Crippen molar-refractivity contribution in [1.82, 2.24) is 20.2 Å². The third kappa shape index (κ3) is 4.64. The van der Waals surface area contributed by atoms with Gasteiger partial charge in [0.15, 0.2) is 8.68 Å². The molecule has 0 fully saturated rings. The lowest BCUT2D eigenvalue weighted by molar-refractivity contribution is 0.568. The molecule has 0 aliphatic rings. The Morgan fingerprint density at radius 2 is 1.28 bits per heavy atom. The maximum Gasteiger partial charge on any atom is 0.175 e. The highest BCUT2D eigenvalue weighted by molar-refractivity contribution is 8.02. The predicted molar refractivity (Wildman–Crippen MR) is 119 cm³/mol. The zero-order chi connectivity index (χ0) is 19.5. The second kappa shape index (κ2) is 8.84. The second-order valence-electron chi connectivity index (χ2n) is 5.72. The summed E-state index contributed by atoms with van der Waals surface area (Å²) in [5, 5.41) is 14.7. The van der Waals surface area contributed by atoms with Crippen LogP contribution in [0.2, 0.25) is 0 Å². The van der Waals surface area contributed by atoms with Crippen LogP contribution in [0.25, 0.3) is 21.1 Å². The van der Waals surface area contributed by atoms with Crippen molar-refractivity contribution < 1.29 is 8.83 Å². The quantitative estimate of drug-likeness (QED) is 0.233. The number of hydrogen-bond acceptors (Lipinski definition) is 11. The number of furan rings is 2. The lowest BCUT2D eigenvalue weighted by Gasteiger charge is -1.93. The van der Waals surface area contributed by atoms with E-state index in [9.17, 15) is 0 Å². The molecule has 0 saturated heterocycles. The molecule has 5 aromatic heterocycles. The minimum atomic E-state index is 0.772. The summed E-state index contributed by atoms with van der Waals surface area (Å²) in [6.07, 6.45) is 6.75. The maximum atomic E-state index is 5.12. The van der Waals surface area contributed by atoms with Gasteiger partial charge in [-0.1, -0.05) is 34.9 Å². The van der Waals surface area contributed by atoms with Crippen molar-refractivity contribution in [2.24, 2.45) is 0 Å². The van der Waals surface area contributed by atoms with Gasteiger partial charge < -0.3 is 8.83 Å². The fourth-order valence-electron chi connectivity index (χ4n) is 2.37. The molecular formula is C18H12N4O2S5. The van der Waals surface area contributed by atoms with E-state index in [0.29, 0.717) is 0 Å². The van der Waals surface area contributed by atoms with Crippen molar-refractivity contribution in [3.8, 4) is 21.1 Å². The molecule has 0 unspecified atom stereocenters. The van der Waals surface area contributed by atoms with Crippen LogP contribution in [0.15, 0.2) is 65.5 Å². The van der Waals surface area contributed by atoms with Crippen molar-refractivity contribution >= 4 is 57.5 Å². The number of nitrogens with zero attached hydrogens (tertiary/aromatic N) is 4. The highest BCUT2D eigenvalue weighted by Gasteiger charge is 2.11. The fraction of sp³-hybridized carbons (Fsp3) is 0.111. The number of rotatable bonds is 8. The van der Waals surface area contributed by atoms with E-state index >= 15 is 0 Å². The monoisotopic (exact) mass is 476 g/mol. The van der Waals surface area contributed by atoms with Gasteiger partial charge in [-0.2, -0.15) is 0 Å². The van der Waals surface area contributed by atoms with E-state index in [2.05, 4.69) is 30.9 Å². The molecule has 11 heteroatoms. The largest absolute Gasteiger partial charge is 0.472 e. The molecule has 0 bridgehead atoms. The SMILES string of the molecule is c1cc(-c2nc(CSc3nnc(SCc4csc(-c5ccoc5)n4)s3)cs2)co1. The summed E-state index contributed by atoms with van der Waals surface area (Å²) in [6, 6.07) is 3.84. The normalized spacial score (nSPS) is 11.3. The maximum absolute atomic E-state index is 5.12. The molecule has 5 heterocycles. The predicted octanol–water partition coefficient (Wildman–Crippen LogP) is 6.56. The summed E-state index contributed by atoms with van der Waals surface area (Å²) in [6.45, 7) is 0. The summed E-state index contributed by atoms with van der Waals surface area (Å²) in [5.74, 6) is 1.54. The number of hydrogen-bond donors (Lipinski definition) is 0. The Morgan fingerprint density at radius 3 is 1.72 bits per heavy atom. The van der Waals surface area contributed by atoms with Gasteiger partial charge in [-0.05, 0) is 12.1 Å². The lowest BCUT2D eigenvalue weighted by atomic mass is 10.4. The minimum Gasteiger partial charge on any atom is -0.472 e. The molecule has 146 valence electrons. The van der Waals surface area contributed by atoms with Crippen LogP contribution in [-0.4, -0.2) is 20.2 Å². The van der Waals surface area contributed by atoms with Gasteiger partial charge in [0.05, 0.1) is 23.9 Å². The summed E-state index contributed by atoms with van der Waals surface area (Å²) >= 11 is 8.16. The summed E-state index contributed by atoms with van der Waals surface area (Å²) in [7, 11) is 0. The molecule has 0 N–H and O–H groups in total. The van der Waals surface area contributed by atoms with E-state index in [-0.39, 0.29) is 0 Å². The fourth-order valence-corrected chi connectivity index (χ4v) is 7.00. The molecule has 0 spiro atoms. The zero-order valence-electron chi connectivity index (χ0n) is 14.7. The molecule has 0 saturated carbocycles. The topological polar surface area (TPSA) is 77.8 Å². The molecule has 6 nitrogen and oxygen atoms in total. The van der Waals surface area contributed by atoms with Crippen LogP contribution in [0.3, 0.4) is 0 Å². The lowest BCUT2D eigenvalue weighted by Crippen LogP contribution is -1.81. The first-order valence-corrected chi connectivity index (χ1v) is 12.9. The highest BCUT2D eigenvalue weighted by atomic mass is 32.2. The number of thiazole rings is 2. The molecule has 0 aliphatic carbocycles. The second-order valence-corrected chi connectivity index (χ2v) is 10.9. The van der Waals surface area contributed by atoms with Crippen LogP contribution in [0.5, 0.6) is 0 Å². The van der Waals surface area contributed by atoms with E-state index in [1.165, 1.54) is 0 Å². The third-order valence-corrected chi connectivity index (χ3v) is 8.85. The molecular weight excluding hydrogens is 465 g/mol. The Bertz CT molecular complexity index is 1090. The van der Waals surface area contributed by atoms with Crippen molar-refractivity contribution in [1.29, 1.82) is 0 Å². The van der Waals surface area contributed by atoms with Crippen LogP contribution in [0.4, 0.5) is 0 Å². The van der Waals surface area contributed by atoms with Crippen LogP contribution in [0.1, 0.15) is 11.4 Å². The summed E-state index contributed by atoms with van der Waals surface area (Å²) in [5.41, 5.74) is 4.10. The molecule has 0 amide bonds. The Labute approximate surface area is 186 Å². The van der Waals surface area contributed by atoms with E-state index < -0.39 is 0 Å². The molecule has 5 aromatic rings. The van der Waals surface area contributed by atoms with E-state index in [1.807, 2.05) is 12.1 Å². The standard InChI is InChI=1S/C18H12N4O2S5/c1-3-23-5-11(1)15-19-13(7-25-15)9-27-17-21-22-18(29-17)28-10-14-8-26-16(20-14)12-2-4-24-6-12/h1-8H,9-10H2. The van der Waals surface area contributed by atoms with Crippen LogP contribution < -0.4 is 0 Å². The Balaban J connectivity index is 1.14. The van der Waals surface area contributed by atoms with Gasteiger partial charge in [-0.25, -0.2) is 9.97 Å².